The summed E-state index contributed by atoms with van der Waals surface area (Å²) in [6, 6.07) is -0.813. The van der Waals surface area contributed by atoms with E-state index in [2.05, 4.69) is 43.5 Å². The van der Waals surface area contributed by atoms with E-state index in [9.17, 15) is 19.4 Å². The number of allylic oxidation sites excluding steroid dienone is 4. The van der Waals surface area contributed by atoms with Gasteiger partial charge in [0.05, 0.1) is 39.9 Å². The number of phosphoric acid groups is 1. The van der Waals surface area contributed by atoms with Gasteiger partial charge in [-0.15, -0.1) is 0 Å². The van der Waals surface area contributed by atoms with Crippen molar-refractivity contribution in [2.75, 3.05) is 40.9 Å². The highest BCUT2D eigenvalue weighted by Gasteiger charge is 2.24. The number of amides is 1. The molecular formula is C48H95N2O6P. The average Bonchev–Trinajstić information content (AvgIpc) is 3.16. The van der Waals surface area contributed by atoms with Crippen molar-refractivity contribution in [1.82, 2.24) is 5.32 Å². The van der Waals surface area contributed by atoms with E-state index in [0.29, 0.717) is 23.9 Å². The number of unbranched alkanes of at least 4 members (excludes halogenated alkanes) is 27. The fraction of sp³-hybridized carbons (Fsp3) is 0.896. The summed E-state index contributed by atoms with van der Waals surface area (Å²) >= 11 is 0. The highest BCUT2D eigenvalue weighted by molar-refractivity contribution is 7.45. The van der Waals surface area contributed by atoms with Gasteiger partial charge in [0.25, 0.3) is 7.82 Å². The van der Waals surface area contributed by atoms with E-state index in [0.717, 1.165) is 44.9 Å². The van der Waals surface area contributed by atoms with Crippen LogP contribution in [0, 0.1) is 0 Å². The molecule has 0 fully saturated rings. The fourth-order valence-electron chi connectivity index (χ4n) is 7.03. The lowest BCUT2D eigenvalue weighted by molar-refractivity contribution is -0.870. The van der Waals surface area contributed by atoms with E-state index >= 15 is 0 Å². The van der Waals surface area contributed by atoms with Gasteiger partial charge in [0.15, 0.2) is 0 Å². The number of hydrogen-bond donors (Lipinski definition) is 2. The molecule has 0 heterocycles. The molecule has 9 heteroatoms. The molecule has 0 aliphatic heterocycles. The second-order valence-corrected chi connectivity index (χ2v) is 19.2. The molecule has 1 unspecified atom stereocenters. The maximum atomic E-state index is 12.9. The van der Waals surface area contributed by atoms with Gasteiger partial charge < -0.3 is 28.8 Å². The molecule has 0 saturated heterocycles. The standard InChI is InChI=1S/C48H95N2O6P/c1-6-8-10-12-14-16-18-20-21-22-23-24-25-26-27-28-29-30-32-34-36-38-40-42-48(52)49-46(45-56-57(53,54)55-44-43-50(3,4)5)47(51)41-39-37-35-33-31-19-17-15-13-11-9-7-2/h20-21,31,33,46-47,51H,6-19,22-30,32,34-45H2,1-5H3,(H-,49,52,53,54)/b21-20+,33-31+/t46-,47+/m0/s1. The Balaban J connectivity index is 4.21. The number of carbonyl (C=O) groups is 1. The Bertz CT molecular complexity index is 984. The van der Waals surface area contributed by atoms with E-state index in [-0.39, 0.29) is 19.1 Å². The maximum absolute atomic E-state index is 12.9. The van der Waals surface area contributed by atoms with E-state index in [1.54, 1.807) is 0 Å². The summed E-state index contributed by atoms with van der Waals surface area (Å²) in [6.07, 6.45) is 47.7. The summed E-state index contributed by atoms with van der Waals surface area (Å²) < 4.78 is 23.3. The molecule has 57 heavy (non-hydrogen) atoms. The molecule has 338 valence electrons. The Kier molecular flexibility index (Phi) is 39.7. The third-order valence-electron chi connectivity index (χ3n) is 10.9. The minimum atomic E-state index is -4.57. The highest BCUT2D eigenvalue weighted by Crippen LogP contribution is 2.38. The number of carbonyl (C=O) groups excluding carboxylic acids is 1. The molecule has 0 aromatic rings. The molecule has 0 aromatic heterocycles. The molecule has 0 spiro atoms. The predicted molar refractivity (Wildman–Crippen MR) is 242 cm³/mol. The van der Waals surface area contributed by atoms with Crippen molar-refractivity contribution in [2.45, 2.75) is 238 Å². The zero-order chi connectivity index (χ0) is 42.1. The first kappa shape index (κ1) is 56.0. The SMILES string of the molecule is CCCCCCCC/C=C/CCCCCCCCCCCCCCCC(=O)N[C@@H](COP(=O)([O-])OCC[N+](C)(C)C)[C@H](O)CCCC/C=C/CCCCCCCC. The van der Waals surface area contributed by atoms with Crippen LogP contribution in [-0.4, -0.2) is 68.5 Å². The lowest BCUT2D eigenvalue weighted by atomic mass is 10.0. The third kappa shape index (κ3) is 42.9. The second kappa shape index (κ2) is 40.4. The predicted octanol–water partition coefficient (Wildman–Crippen LogP) is 13.1. The van der Waals surface area contributed by atoms with Crippen LogP contribution in [-0.2, 0) is 18.4 Å². The lowest BCUT2D eigenvalue weighted by Crippen LogP contribution is -2.46. The van der Waals surface area contributed by atoms with Gasteiger partial charge in [0, 0.05) is 6.42 Å². The highest BCUT2D eigenvalue weighted by atomic mass is 31.2. The van der Waals surface area contributed by atoms with Crippen LogP contribution in [0.1, 0.15) is 226 Å². The minimum absolute atomic E-state index is 0.00802. The van der Waals surface area contributed by atoms with Gasteiger partial charge >= 0.3 is 0 Å². The van der Waals surface area contributed by atoms with Crippen LogP contribution >= 0.6 is 7.82 Å². The van der Waals surface area contributed by atoms with Crippen LogP contribution in [0.25, 0.3) is 0 Å². The minimum Gasteiger partial charge on any atom is -0.756 e. The molecular weight excluding hydrogens is 732 g/mol. The number of aliphatic hydroxyl groups excluding tert-OH is 1. The molecule has 1 amide bonds. The molecule has 3 atom stereocenters. The molecule has 0 rings (SSSR count). The molecule has 2 N–H and O–H groups in total. The Morgan fingerprint density at radius 1 is 0.596 bits per heavy atom. The van der Waals surface area contributed by atoms with Gasteiger partial charge in [-0.3, -0.25) is 9.36 Å². The lowest BCUT2D eigenvalue weighted by Gasteiger charge is -2.30. The van der Waals surface area contributed by atoms with E-state index in [4.69, 9.17) is 9.05 Å². The van der Waals surface area contributed by atoms with Gasteiger partial charge in [0.2, 0.25) is 5.91 Å². The molecule has 0 radical (unpaired) electrons. The Morgan fingerprint density at radius 3 is 1.37 bits per heavy atom. The van der Waals surface area contributed by atoms with Crippen LogP contribution < -0.4 is 10.2 Å². The van der Waals surface area contributed by atoms with E-state index in [1.807, 2.05) is 21.1 Å². The van der Waals surface area contributed by atoms with Crippen LogP contribution in [0.5, 0.6) is 0 Å². The Morgan fingerprint density at radius 2 is 0.965 bits per heavy atom. The quantitative estimate of drug-likeness (QED) is 0.0274. The molecule has 8 nitrogen and oxygen atoms in total. The second-order valence-electron chi connectivity index (χ2n) is 17.8. The average molecular weight is 827 g/mol. The van der Waals surface area contributed by atoms with Gasteiger partial charge in [-0.2, -0.15) is 0 Å². The zero-order valence-corrected chi connectivity index (χ0v) is 39.2. The van der Waals surface area contributed by atoms with Crippen molar-refractivity contribution < 1.29 is 32.9 Å². The van der Waals surface area contributed by atoms with Gasteiger partial charge in [-0.05, 0) is 64.2 Å². The topological polar surface area (TPSA) is 108 Å². The maximum Gasteiger partial charge on any atom is 0.268 e. The number of nitrogens with one attached hydrogen (secondary N) is 1. The van der Waals surface area contributed by atoms with Crippen molar-refractivity contribution in [2.24, 2.45) is 0 Å². The number of likely N-dealkylation sites (N-methyl/N-ethyl adjacent to an activating group) is 1. The van der Waals surface area contributed by atoms with Gasteiger partial charge in [-0.25, -0.2) is 0 Å². The monoisotopic (exact) mass is 827 g/mol. The van der Waals surface area contributed by atoms with Crippen LogP contribution in [0.4, 0.5) is 0 Å². The largest absolute Gasteiger partial charge is 0.756 e. The smallest absolute Gasteiger partial charge is 0.268 e. The third-order valence-corrected chi connectivity index (χ3v) is 11.9. The summed E-state index contributed by atoms with van der Waals surface area (Å²) in [4.78, 5) is 25.3. The van der Waals surface area contributed by atoms with Gasteiger partial charge in [-0.1, -0.05) is 179 Å². The summed E-state index contributed by atoms with van der Waals surface area (Å²) in [5.41, 5.74) is 0. The van der Waals surface area contributed by atoms with Crippen LogP contribution in [0.3, 0.4) is 0 Å². The van der Waals surface area contributed by atoms with Crippen molar-refractivity contribution in [3.05, 3.63) is 24.3 Å². The molecule has 0 aliphatic rings. The number of aliphatic hydroxyl groups is 1. The summed E-state index contributed by atoms with van der Waals surface area (Å²) in [5.74, 6) is -0.174. The summed E-state index contributed by atoms with van der Waals surface area (Å²) in [5, 5.41) is 13.9. The summed E-state index contributed by atoms with van der Waals surface area (Å²) in [7, 11) is 1.29. The number of rotatable bonds is 44. The zero-order valence-electron chi connectivity index (χ0n) is 38.3. The molecule has 0 bridgehead atoms. The first-order valence-electron chi connectivity index (χ1n) is 24.2. The molecule has 0 aliphatic carbocycles. The van der Waals surface area contributed by atoms with Crippen molar-refractivity contribution >= 4 is 13.7 Å². The van der Waals surface area contributed by atoms with Crippen molar-refractivity contribution in [3.63, 3.8) is 0 Å². The molecule has 0 aromatic carbocycles. The Labute approximate surface area is 354 Å². The number of phosphoric ester groups is 1. The van der Waals surface area contributed by atoms with Crippen molar-refractivity contribution in [1.29, 1.82) is 0 Å². The number of quaternary nitrogens is 1. The number of hydrogen-bond acceptors (Lipinski definition) is 6. The van der Waals surface area contributed by atoms with Gasteiger partial charge in [0.1, 0.15) is 13.2 Å². The first-order valence-corrected chi connectivity index (χ1v) is 25.6. The fourth-order valence-corrected chi connectivity index (χ4v) is 7.75. The normalized spacial score (nSPS) is 14.4. The van der Waals surface area contributed by atoms with Crippen molar-refractivity contribution in [3.8, 4) is 0 Å². The Hall–Kier alpha value is -1.02. The summed E-state index contributed by atoms with van der Waals surface area (Å²) in [6.45, 7) is 4.69. The van der Waals surface area contributed by atoms with E-state index < -0.39 is 20.0 Å². The van der Waals surface area contributed by atoms with E-state index in [1.165, 1.54) is 154 Å². The molecule has 0 saturated carbocycles. The van der Waals surface area contributed by atoms with Crippen LogP contribution in [0.15, 0.2) is 24.3 Å². The van der Waals surface area contributed by atoms with Crippen LogP contribution in [0.2, 0.25) is 0 Å². The first-order chi connectivity index (χ1) is 27.5. The number of nitrogens with zero attached hydrogens (tertiary/aromatic N) is 1.